The first kappa shape index (κ1) is 12.9. The Labute approximate surface area is 122 Å². The van der Waals surface area contributed by atoms with Crippen molar-refractivity contribution >= 4 is 15.9 Å². The van der Waals surface area contributed by atoms with Crippen LogP contribution in [0.15, 0.2) is 41.1 Å². The van der Waals surface area contributed by atoms with Gasteiger partial charge in [-0.1, -0.05) is 12.5 Å². The maximum absolute atomic E-state index is 4.27. The van der Waals surface area contributed by atoms with E-state index in [1.807, 2.05) is 16.9 Å². The second-order valence-electron chi connectivity index (χ2n) is 5.09. The van der Waals surface area contributed by atoms with Gasteiger partial charge in [0.05, 0.1) is 5.69 Å². The lowest BCUT2D eigenvalue weighted by atomic mass is 9.98. The topological polar surface area (TPSA) is 29.9 Å². The molecule has 2 heterocycles. The zero-order valence-corrected chi connectivity index (χ0v) is 12.4. The minimum absolute atomic E-state index is 0.635. The monoisotopic (exact) mass is 319 g/mol. The van der Waals surface area contributed by atoms with Gasteiger partial charge in [0.2, 0.25) is 0 Å². The Balaban J connectivity index is 1.75. The molecule has 19 heavy (non-hydrogen) atoms. The number of aromatic nitrogens is 2. The Morgan fingerprint density at radius 2 is 2.32 bits per heavy atom. The van der Waals surface area contributed by atoms with Crippen LogP contribution >= 0.6 is 15.9 Å². The molecule has 0 radical (unpaired) electrons. The van der Waals surface area contributed by atoms with E-state index in [4.69, 9.17) is 0 Å². The van der Waals surface area contributed by atoms with E-state index in [1.54, 1.807) is 6.20 Å². The van der Waals surface area contributed by atoms with Crippen LogP contribution < -0.4 is 5.32 Å². The number of piperidine rings is 1. The van der Waals surface area contributed by atoms with Crippen LogP contribution in [-0.2, 0) is 6.42 Å². The highest BCUT2D eigenvalue weighted by molar-refractivity contribution is 9.10. The van der Waals surface area contributed by atoms with Crippen molar-refractivity contribution < 1.29 is 0 Å². The lowest BCUT2D eigenvalue weighted by molar-refractivity contribution is 0.399. The van der Waals surface area contributed by atoms with Gasteiger partial charge in [-0.15, -0.1) is 0 Å². The van der Waals surface area contributed by atoms with Gasteiger partial charge in [0.25, 0.3) is 0 Å². The zero-order chi connectivity index (χ0) is 13.1. The molecule has 0 saturated carbocycles. The number of benzene rings is 1. The molecule has 0 amide bonds. The Morgan fingerprint density at radius 1 is 1.37 bits per heavy atom. The Hall–Kier alpha value is -1.13. The summed E-state index contributed by atoms with van der Waals surface area (Å²) in [6.45, 7) is 1.16. The predicted molar refractivity (Wildman–Crippen MR) is 80.6 cm³/mol. The zero-order valence-electron chi connectivity index (χ0n) is 10.8. The Morgan fingerprint density at radius 3 is 3.00 bits per heavy atom. The molecule has 1 aliphatic rings. The Bertz CT molecular complexity index is 530. The van der Waals surface area contributed by atoms with E-state index < -0.39 is 0 Å². The summed E-state index contributed by atoms with van der Waals surface area (Å²) in [5.74, 6) is 0. The number of halogens is 1. The Kier molecular flexibility index (Phi) is 3.99. The normalized spacial score (nSPS) is 19.5. The van der Waals surface area contributed by atoms with Gasteiger partial charge in [0, 0.05) is 22.9 Å². The molecule has 100 valence electrons. The molecule has 4 heteroatoms. The van der Waals surface area contributed by atoms with Crippen molar-refractivity contribution in [2.24, 2.45) is 0 Å². The van der Waals surface area contributed by atoms with Crippen molar-refractivity contribution in [3.05, 3.63) is 46.7 Å². The molecule has 3 nitrogen and oxygen atoms in total. The van der Waals surface area contributed by atoms with Crippen molar-refractivity contribution in [1.82, 2.24) is 15.1 Å². The summed E-state index contributed by atoms with van der Waals surface area (Å²) >= 11 is 3.65. The lowest BCUT2D eigenvalue weighted by Gasteiger charge is -2.23. The SMILES string of the molecule is Brc1cc(CC2CCCCN2)ccc1-n1cccn1. The van der Waals surface area contributed by atoms with E-state index in [2.05, 4.69) is 44.5 Å². The molecule has 1 atom stereocenters. The van der Waals surface area contributed by atoms with E-state index in [1.165, 1.54) is 24.8 Å². The van der Waals surface area contributed by atoms with Crippen LogP contribution in [0.25, 0.3) is 5.69 Å². The molecule has 1 aromatic heterocycles. The van der Waals surface area contributed by atoms with Gasteiger partial charge in [-0.3, -0.25) is 0 Å². The fourth-order valence-corrected chi connectivity index (χ4v) is 3.27. The quantitative estimate of drug-likeness (QED) is 0.940. The second-order valence-corrected chi connectivity index (χ2v) is 5.94. The largest absolute Gasteiger partial charge is 0.314 e. The van der Waals surface area contributed by atoms with Crippen LogP contribution in [0.4, 0.5) is 0 Å². The van der Waals surface area contributed by atoms with E-state index in [9.17, 15) is 0 Å². The van der Waals surface area contributed by atoms with E-state index in [-0.39, 0.29) is 0 Å². The van der Waals surface area contributed by atoms with Crippen LogP contribution in [0.1, 0.15) is 24.8 Å². The van der Waals surface area contributed by atoms with Gasteiger partial charge >= 0.3 is 0 Å². The average Bonchev–Trinajstić information content (AvgIpc) is 2.94. The predicted octanol–water partition coefficient (Wildman–Crippen LogP) is 3.32. The molecule has 1 fully saturated rings. The van der Waals surface area contributed by atoms with Crippen LogP contribution in [0.5, 0.6) is 0 Å². The molecule has 0 bridgehead atoms. The summed E-state index contributed by atoms with van der Waals surface area (Å²) in [6.07, 6.45) is 8.83. The summed E-state index contributed by atoms with van der Waals surface area (Å²) in [5.41, 5.74) is 2.47. The second kappa shape index (κ2) is 5.88. The van der Waals surface area contributed by atoms with Gasteiger partial charge < -0.3 is 5.32 Å². The van der Waals surface area contributed by atoms with Crippen LogP contribution in [0.2, 0.25) is 0 Å². The van der Waals surface area contributed by atoms with Crippen LogP contribution in [0, 0.1) is 0 Å². The fourth-order valence-electron chi connectivity index (χ4n) is 2.66. The molecule has 1 unspecified atom stereocenters. The molecule has 2 aromatic rings. The van der Waals surface area contributed by atoms with Crippen LogP contribution in [0.3, 0.4) is 0 Å². The van der Waals surface area contributed by atoms with Crippen LogP contribution in [-0.4, -0.2) is 22.4 Å². The number of nitrogens with one attached hydrogen (secondary N) is 1. The van der Waals surface area contributed by atoms with E-state index in [0.29, 0.717) is 6.04 Å². The minimum Gasteiger partial charge on any atom is -0.314 e. The minimum atomic E-state index is 0.635. The number of hydrogen-bond acceptors (Lipinski definition) is 2. The molecular formula is C15H18BrN3. The van der Waals surface area contributed by atoms with Gasteiger partial charge in [-0.05, 0) is 65.5 Å². The summed E-state index contributed by atoms with van der Waals surface area (Å²) in [6, 6.07) is 9.13. The highest BCUT2D eigenvalue weighted by Gasteiger charge is 2.13. The van der Waals surface area contributed by atoms with Gasteiger partial charge in [-0.25, -0.2) is 4.68 Å². The summed E-state index contributed by atoms with van der Waals surface area (Å²) in [4.78, 5) is 0. The first-order valence-electron chi connectivity index (χ1n) is 6.85. The third-order valence-electron chi connectivity index (χ3n) is 3.66. The molecule has 0 spiro atoms. The molecule has 1 aromatic carbocycles. The summed E-state index contributed by atoms with van der Waals surface area (Å²) in [5, 5.41) is 7.86. The third-order valence-corrected chi connectivity index (χ3v) is 4.29. The van der Waals surface area contributed by atoms with Crippen molar-refractivity contribution in [3.63, 3.8) is 0 Å². The molecule has 1 N–H and O–H groups in total. The molecule has 0 aliphatic carbocycles. The van der Waals surface area contributed by atoms with Crippen molar-refractivity contribution in [2.45, 2.75) is 31.7 Å². The van der Waals surface area contributed by atoms with Gasteiger partial charge in [0.1, 0.15) is 0 Å². The van der Waals surface area contributed by atoms with Gasteiger partial charge in [-0.2, -0.15) is 5.10 Å². The first-order valence-corrected chi connectivity index (χ1v) is 7.64. The lowest BCUT2D eigenvalue weighted by Crippen LogP contribution is -2.35. The fraction of sp³-hybridized carbons (Fsp3) is 0.400. The number of rotatable bonds is 3. The smallest absolute Gasteiger partial charge is 0.0787 e. The maximum atomic E-state index is 4.27. The van der Waals surface area contributed by atoms with Gasteiger partial charge in [0.15, 0.2) is 0 Å². The maximum Gasteiger partial charge on any atom is 0.0787 e. The highest BCUT2D eigenvalue weighted by Crippen LogP contribution is 2.23. The van der Waals surface area contributed by atoms with Crippen molar-refractivity contribution in [3.8, 4) is 5.69 Å². The number of nitrogens with zero attached hydrogens (tertiary/aromatic N) is 2. The van der Waals surface area contributed by atoms with Crippen molar-refractivity contribution in [2.75, 3.05) is 6.54 Å². The standard InChI is InChI=1S/C15H18BrN3/c16-14-11-12(10-13-4-1-2-7-17-13)5-6-15(14)19-9-3-8-18-19/h3,5-6,8-9,11,13,17H,1-2,4,7,10H2. The number of hydrogen-bond donors (Lipinski definition) is 1. The van der Waals surface area contributed by atoms with Crippen molar-refractivity contribution in [1.29, 1.82) is 0 Å². The third kappa shape index (κ3) is 3.07. The molecule has 1 aliphatic heterocycles. The van der Waals surface area contributed by atoms with E-state index in [0.717, 1.165) is 23.1 Å². The first-order chi connectivity index (χ1) is 9.33. The highest BCUT2D eigenvalue weighted by atomic mass is 79.9. The van der Waals surface area contributed by atoms with E-state index >= 15 is 0 Å². The molecule has 3 rings (SSSR count). The molecular weight excluding hydrogens is 302 g/mol. The summed E-state index contributed by atoms with van der Waals surface area (Å²) < 4.78 is 2.98. The molecule has 1 saturated heterocycles. The summed E-state index contributed by atoms with van der Waals surface area (Å²) in [7, 11) is 0. The average molecular weight is 320 g/mol.